The molecule has 0 saturated heterocycles. The number of aliphatic hydroxyl groups is 1. The van der Waals surface area contributed by atoms with Gasteiger partial charge in [0.15, 0.2) is 0 Å². The molecule has 2 aromatic carbocycles. The van der Waals surface area contributed by atoms with Gasteiger partial charge in [-0.3, -0.25) is 4.79 Å². The van der Waals surface area contributed by atoms with E-state index in [-0.39, 0.29) is 12.5 Å². The van der Waals surface area contributed by atoms with Gasteiger partial charge in [0.2, 0.25) is 5.91 Å². The van der Waals surface area contributed by atoms with Crippen molar-refractivity contribution in [2.24, 2.45) is 0 Å². The Bertz CT molecular complexity index is 688. The molecule has 1 heterocycles. The fourth-order valence-corrected chi connectivity index (χ4v) is 2.53. The Kier molecular flexibility index (Phi) is 4.06. The first-order valence-corrected chi connectivity index (χ1v) is 7.11. The Morgan fingerprint density at radius 3 is 2.77 bits per heavy atom. The number of para-hydroxylation sites is 1. The largest absolute Gasteiger partial charge is 0.491 e. The summed E-state index contributed by atoms with van der Waals surface area (Å²) in [5.74, 6) is 0.0658. The van der Waals surface area contributed by atoms with Crippen molar-refractivity contribution in [1.29, 1.82) is 0 Å². The van der Waals surface area contributed by atoms with Crippen molar-refractivity contribution in [3.8, 4) is 5.75 Å². The van der Waals surface area contributed by atoms with Gasteiger partial charge in [0, 0.05) is 12.0 Å². The van der Waals surface area contributed by atoms with Crippen molar-refractivity contribution in [2.75, 3.05) is 11.9 Å². The van der Waals surface area contributed by atoms with Crippen molar-refractivity contribution in [2.45, 2.75) is 18.9 Å². The summed E-state index contributed by atoms with van der Waals surface area (Å²) in [7, 11) is 0. The highest BCUT2D eigenvalue weighted by Crippen LogP contribution is 2.32. The molecular weight excluding hydrogens is 285 g/mol. The average Bonchev–Trinajstić information content (AvgIpc) is 2.53. The van der Waals surface area contributed by atoms with E-state index in [2.05, 4.69) is 5.32 Å². The Morgan fingerprint density at radius 2 is 2.00 bits per heavy atom. The third-order valence-corrected chi connectivity index (χ3v) is 3.61. The summed E-state index contributed by atoms with van der Waals surface area (Å²) in [6.45, 7) is -0.0181. The minimum absolute atomic E-state index is 0.0181. The first kappa shape index (κ1) is 14.5. The zero-order valence-corrected chi connectivity index (χ0v) is 11.9. The van der Waals surface area contributed by atoms with Crippen LogP contribution in [0.3, 0.4) is 0 Å². The lowest BCUT2D eigenvalue weighted by Gasteiger charge is -2.23. The van der Waals surface area contributed by atoms with E-state index in [1.807, 2.05) is 18.2 Å². The smallest absolute Gasteiger partial charge is 0.224 e. The first-order chi connectivity index (χ1) is 10.6. The maximum absolute atomic E-state index is 13.7. The van der Waals surface area contributed by atoms with Gasteiger partial charge in [-0.2, -0.15) is 0 Å². The molecule has 2 aromatic rings. The predicted octanol–water partition coefficient (Wildman–Crippen LogP) is 2.82. The molecule has 0 radical (unpaired) electrons. The zero-order valence-electron chi connectivity index (χ0n) is 11.9. The molecule has 2 N–H and O–H groups in total. The fourth-order valence-electron chi connectivity index (χ4n) is 2.53. The number of rotatable bonds is 4. The third-order valence-electron chi connectivity index (χ3n) is 3.61. The molecule has 114 valence electrons. The van der Waals surface area contributed by atoms with Crippen LogP contribution in [0.1, 0.15) is 23.7 Å². The summed E-state index contributed by atoms with van der Waals surface area (Å²) in [6, 6.07) is 11.7. The molecule has 1 aliphatic heterocycles. The number of hydrogen-bond donors (Lipinski definition) is 2. The number of ether oxygens (including phenoxy) is 1. The van der Waals surface area contributed by atoms with Crippen LogP contribution in [0.4, 0.5) is 10.1 Å². The van der Waals surface area contributed by atoms with E-state index in [0.717, 1.165) is 0 Å². The average molecular weight is 301 g/mol. The maximum Gasteiger partial charge on any atom is 0.224 e. The monoisotopic (exact) mass is 301 g/mol. The van der Waals surface area contributed by atoms with Crippen LogP contribution < -0.4 is 10.1 Å². The van der Waals surface area contributed by atoms with E-state index in [4.69, 9.17) is 4.74 Å². The Morgan fingerprint density at radius 1 is 1.23 bits per heavy atom. The van der Waals surface area contributed by atoms with E-state index >= 15 is 0 Å². The molecule has 3 rings (SSSR count). The second-order valence-electron chi connectivity index (χ2n) is 5.22. The van der Waals surface area contributed by atoms with Crippen LogP contribution in [0.25, 0.3) is 0 Å². The van der Waals surface area contributed by atoms with Gasteiger partial charge in [-0.25, -0.2) is 4.39 Å². The van der Waals surface area contributed by atoms with Gasteiger partial charge < -0.3 is 15.2 Å². The zero-order chi connectivity index (χ0) is 15.5. The Labute approximate surface area is 127 Å². The predicted molar refractivity (Wildman–Crippen MR) is 80.2 cm³/mol. The molecule has 22 heavy (non-hydrogen) atoms. The highest BCUT2D eigenvalue weighted by molar-refractivity contribution is 5.94. The lowest BCUT2D eigenvalue weighted by Crippen LogP contribution is -2.22. The molecule has 0 fully saturated rings. The summed E-state index contributed by atoms with van der Waals surface area (Å²) >= 11 is 0. The maximum atomic E-state index is 13.7. The summed E-state index contributed by atoms with van der Waals surface area (Å²) in [5, 5.41) is 13.0. The highest BCUT2D eigenvalue weighted by Gasteiger charge is 2.23. The first-order valence-electron chi connectivity index (χ1n) is 7.11. The number of hydrogen-bond acceptors (Lipinski definition) is 3. The van der Waals surface area contributed by atoms with Crippen molar-refractivity contribution in [1.82, 2.24) is 0 Å². The van der Waals surface area contributed by atoms with Crippen LogP contribution in [-0.2, 0) is 11.2 Å². The minimum atomic E-state index is -1.02. The number of halogens is 1. The lowest BCUT2D eigenvalue weighted by molar-refractivity contribution is -0.116. The molecule has 0 bridgehead atoms. The van der Waals surface area contributed by atoms with Crippen LogP contribution in [0, 0.1) is 5.82 Å². The molecular formula is C17H16FNO3. The molecule has 1 amide bonds. The summed E-state index contributed by atoms with van der Waals surface area (Å²) in [5.41, 5.74) is 1.55. The molecule has 0 saturated carbocycles. The summed E-state index contributed by atoms with van der Waals surface area (Å²) in [6.07, 6.45) is -0.229. The molecule has 0 aliphatic carbocycles. The fraction of sp³-hybridized carbons (Fsp3) is 0.235. The van der Waals surface area contributed by atoms with Crippen LogP contribution in [-0.4, -0.2) is 17.6 Å². The number of aliphatic hydroxyl groups excluding tert-OH is 1. The second kappa shape index (κ2) is 6.15. The minimum Gasteiger partial charge on any atom is -0.491 e. The van der Waals surface area contributed by atoms with Crippen LogP contribution in [0.15, 0.2) is 42.5 Å². The number of fused-ring (bicyclic) bond motifs is 1. The molecule has 1 unspecified atom stereocenters. The van der Waals surface area contributed by atoms with Crippen LogP contribution in [0.2, 0.25) is 0 Å². The van der Waals surface area contributed by atoms with E-state index in [1.165, 1.54) is 12.1 Å². The van der Waals surface area contributed by atoms with Crippen molar-refractivity contribution in [3.63, 3.8) is 0 Å². The van der Waals surface area contributed by atoms with Crippen LogP contribution in [0.5, 0.6) is 5.75 Å². The Hall–Kier alpha value is -2.40. The number of nitrogens with one attached hydrogen (secondary N) is 1. The van der Waals surface area contributed by atoms with Crippen molar-refractivity contribution >= 4 is 11.6 Å². The second-order valence-corrected chi connectivity index (χ2v) is 5.22. The molecule has 1 atom stereocenters. The van der Waals surface area contributed by atoms with Gasteiger partial charge in [-0.05, 0) is 36.2 Å². The van der Waals surface area contributed by atoms with Gasteiger partial charge >= 0.3 is 0 Å². The van der Waals surface area contributed by atoms with E-state index in [0.29, 0.717) is 35.4 Å². The van der Waals surface area contributed by atoms with Gasteiger partial charge in [0.1, 0.15) is 24.3 Å². The van der Waals surface area contributed by atoms with Gasteiger partial charge in [0.05, 0.1) is 5.69 Å². The van der Waals surface area contributed by atoms with Crippen LogP contribution >= 0.6 is 0 Å². The number of anilines is 1. The Balaban J connectivity index is 1.81. The number of benzene rings is 2. The third kappa shape index (κ3) is 3.09. The number of carbonyl (C=O) groups excluding carboxylic acids is 1. The van der Waals surface area contributed by atoms with Crippen molar-refractivity contribution < 1.29 is 19.0 Å². The van der Waals surface area contributed by atoms with E-state index in [9.17, 15) is 14.3 Å². The van der Waals surface area contributed by atoms with Crippen molar-refractivity contribution in [3.05, 3.63) is 59.4 Å². The SMILES string of the molecule is O=C1CCc2cc(F)cc(C(O)COc3ccccc3)c2N1. The number of amides is 1. The highest BCUT2D eigenvalue weighted by atomic mass is 19.1. The molecule has 0 spiro atoms. The molecule has 0 aromatic heterocycles. The van der Waals surface area contributed by atoms with Gasteiger partial charge in [0.25, 0.3) is 0 Å². The van der Waals surface area contributed by atoms with Gasteiger partial charge in [-0.15, -0.1) is 0 Å². The molecule has 4 nitrogen and oxygen atoms in total. The number of aryl methyl sites for hydroxylation is 1. The quantitative estimate of drug-likeness (QED) is 0.913. The number of carbonyl (C=O) groups is 1. The molecule has 5 heteroatoms. The normalized spacial score (nSPS) is 14.9. The lowest BCUT2D eigenvalue weighted by atomic mass is 9.96. The summed E-state index contributed by atoms with van der Waals surface area (Å²) in [4.78, 5) is 11.5. The van der Waals surface area contributed by atoms with E-state index in [1.54, 1.807) is 12.1 Å². The summed E-state index contributed by atoms with van der Waals surface area (Å²) < 4.78 is 19.2. The van der Waals surface area contributed by atoms with E-state index < -0.39 is 11.9 Å². The molecule has 1 aliphatic rings. The van der Waals surface area contributed by atoms with Gasteiger partial charge in [-0.1, -0.05) is 18.2 Å². The standard InChI is InChI=1S/C17H16FNO3/c18-12-8-11-6-7-16(21)19-17(11)14(9-12)15(20)10-22-13-4-2-1-3-5-13/h1-5,8-9,15,20H,6-7,10H2,(H,19,21). The topological polar surface area (TPSA) is 58.6 Å².